The van der Waals surface area contributed by atoms with Crippen molar-refractivity contribution in [3.8, 4) is 5.75 Å². The van der Waals surface area contributed by atoms with Crippen molar-refractivity contribution in [3.63, 3.8) is 0 Å². The molecule has 0 aliphatic carbocycles. The van der Waals surface area contributed by atoms with Crippen molar-refractivity contribution in [2.45, 2.75) is 13.0 Å². The van der Waals surface area contributed by atoms with Gasteiger partial charge < -0.3 is 9.84 Å². The fourth-order valence-electron chi connectivity index (χ4n) is 3.90. The molecule has 0 radical (unpaired) electrons. The zero-order valence-electron chi connectivity index (χ0n) is 17.6. The van der Waals surface area contributed by atoms with Gasteiger partial charge >= 0.3 is 5.91 Å². The number of carbonyl (C=O) groups excluding carboxylic acids is 2. The van der Waals surface area contributed by atoms with Crippen molar-refractivity contribution in [3.05, 3.63) is 89.8 Å². The number of aliphatic hydroxyl groups excluding tert-OH is 1. The van der Waals surface area contributed by atoms with Gasteiger partial charge in [0.05, 0.1) is 28.4 Å². The Hall–Kier alpha value is -4.04. The molecule has 1 atom stereocenters. The Balaban J connectivity index is 1.70. The van der Waals surface area contributed by atoms with Crippen LogP contribution in [0.1, 0.15) is 24.1 Å². The molecule has 7 nitrogen and oxygen atoms in total. The molecular formula is C25H19N3O4S. The first kappa shape index (κ1) is 20.8. The summed E-state index contributed by atoms with van der Waals surface area (Å²) < 4.78 is 6.42. The first-order valence-electron chi connectivity index (χ1n) is 10.4. The third-order valence-electron chi connectivity index (χ3n) is 5.35. The second-order valence-electron chi connectivity index (χ2n) is 7.38. The summed E-state index contributed by atoms with van der Waals surface area (Å²) in [6.45, 7) is 2.32. The van der Waals surface area contributed by atoms with Crippen LogP contribution < -0.4 is 9.64 Å². The van der Waals surface area contributed by atoms with E-state index in [0.29, 0.717) is 28.6 Å². The van der Waals surface area contributed by atoms with Crippen LogP contribution in [0.15, 0.2) is 78.6 Å². The van der Waals surface area contributed by atoms with Crippen LogP contribution >= 0.6 is 11.3 Å². The maximum absolute atomic E-state index is 13.2. The minimum absolute atomic E-state index is 0.0131. The van der Waals surface area contributed by atoms with Gasteiger partial charge in [0.1, 0.15) is 11.5 Å². The maximum atomic E-state index is 13.2. The summed E-state index contributed by atoms with van der Waals surface area (Å²) in [4.78, 5) is 36.6. The van der Waals surface area contributed by atoms with E-state index in [9.17, 15) is 14.7 Å². The van der Waals surface area contributed by atoms with Gasteiger partial charge in [-0.1, -0.05) is 41.7 Å². The molecule has 3 heterocycles. The summed E-state index contributed by atoms with van der Waals surface area (Å²) >= 11 is 1.31. The molecule has 2 aromatic heterocycles. The number of aromatic nitrogens is 2. The van der Waals surface area contributed by atoms with Gasteiger partial charge in [0.2, 0.25) is 0 Å². The number of para-hydroxylation sites is 1. The van der Waals surface area contributed by atoms with E-state index < -0.39 is 17.7 Å². The molecule has 0 bridgehead atoms. The molecular weight excluding hydrogens is 438 g/mol. The zero-order chi connectivity index (χ0) is 22.9. The molecule has 2 aromatic carbocycles. The quantitative estimate of drug-likeness (QED) is 0.265. The lowest BCUT2D eigenvalue weighted by atomic mass is 9.96. The van der Waals surface area contributed by atoms with Crippen molar-refractivity contribution in [2.75, 3.05) is 11.5 Å². The number of aliphatic hydroxyl groups is 1. The van der Waals surface area contributed by atoms with Crippen molar-refractivity contribution in [1.82, 2.24) is 9.97 Å². The summed E-state index contributed by atoms with van der Waals surface area (Å²) in [6, 6.07) is 16.9. The summed E-state index contributed by atoms with van der Waals surface area (Å²) in [6.07, 6.45) is 3.19. The summed E-state index contributed by atoms with van der Waals surface area (Å²) in [5, 5.41) is 11.6. The third-order valence-corrected chi connectivity index (χ3v) is 6.39. The van der Waals surface area contributed by atoms with Crippen LogP contribution in [0, 0.1) is 0 Å². The SMILES string of the molecule is CCOc1cccc(/C(O)=C2\C(=O)C(=O)N(c3nc4ccccc4s3)C2c2cccnc2)c1. The fourth-order valence-corrected chi connectivity index (χ4v) is 4.89. The number of nitrogens with zero attached hydrogens (tertiary/aromatic N) is 3. The van der Waals surface area contributed by atoms with Crippen LogP contribution in [0.3, 0.4) is 0 Å². The number of carbonyl (C=O) groups is 2. The molecule has 0 spiro atoms. The van der Waals surface area contributed by atoms with Crippen LogP contribution in [0.5, 0.6) is 5.75 Å². The highest BCUT2D eigenvalue weighted by Gasteiger charge is 2.48. The molecule has 1 aliphatic heterocycles. The number of amides is 1. The highest BCUT2D eigenvalue weighted by atomic mass is 32.1. The predicted molar refractivity (Wildman–Crippen MR) is 126 cm³/mol. The molecule has 164 valence electrons. The lowest BCUT2D eigenvalue weighted by Gasteiger charge is -2.22. The summed E-state index contributed by atoms with van der Waals surface area (Å²) in [5.74, 6) is -1.24. The Morgan fingerprint density at radius 1 is 1.12 bits per heavy atom. The van der Waals surface area contributed by atoms with Gasteiger partial charge in [-0.2, -0.15) is 0 Å². The number of ether oxygens (including phenoxy) is 1. The molecule has 0 saturated carbocycles. The second-order valence-corrected chi connectivity index (χ2v) is 8.39. The Kier molecular flexibility index (Phi) is 5.35. The van der Waals surface area contributed by atoms with E-state index in [1.54, 1.807) is 48.8 Å². The Morgan fingerprint density at radius 3 is 2.73 bits per heavy atom. The van der Waals surface area contributed by atoms with Crippen LogP contribution in [0.2, 0.25) is 0 Å². The average Bonchev–Trinajstić information content (AvgIpc) is 3.38. The van der Waals surface area contributed by atoms with E-state index in [1.165, 1.54) is 16.2 Å². The van der Waals surface area contributed by atoms with E-state index in [-0.39, 0.29) is 11.3 Å². The van der Waals surface area contributed by atoms with Crippen LogP contribution in [-0.2, 0) is 9.59 Å². The van der Waals surface area contributed by atoms with Crippen molar-refractivity contribution in [1.29, 1.82) is 0 Å². The second kappa shape index (κ2) is 8.48. The molecule has 1 amide bonds. The standard InChI is InChI=1S/C25H19N3O4S/c1-2-32-17-9-5-7-15(13-17)22(29)20-21(16-8-6-12-26-14-16)28(24(31)23(20)30)25-27-18-10-3-4-11-19(18)33-25/h3-14,21,29H,2H2,1H3/b22-20+. The number of hydrogen-bond donors (Lipinski definition) is 1. The number of hydrogen-bond acceptors (Lipinski definition) is 7. The first-order valence-corrected chi connectivity index (χ1v) is 11.2. The van der Waals surface area contributed by atoms with Gasteiger partial charge in [0, 0.05) is 18.0 Å². The van der Waals surface area contributed by atoms with E-state index in [1.807, 2.05) is 31.2 Å². The molecule has 33 heavy (non-hydrogen) atoms. The number of pyridine rings is 1. The highest BCUT2D eigenvalue weighted by molar-refractivity contribution is 7.22. The Morgan fingerprint density at radius 2 is 1.97 bits per heavy atom. The summed E-state index contributed by atoms with van der Waals surface area (Å²) in [7, 11) is 0. The van der Waals surface area contributed by atoms with Crippen LogP contribution in [0.25, 0.3) is 16.0 Å². The molecule has 8 heteroatoms. The number of fused-ring (bicyclic) bond motifs is 1. The molecule has 5 rings (SSSR count). The number of thiazole rings is 1. The van der Waals surface area contributed by atoms with Gasteiger partial charge in [0.15, 0.2) is 5.13 Å². The smallest absolute Gasteiger partial charge is 0.301 e. The van der Waals surface area contributed by atoms with Crippen molar-refractivity contribution in [2.24, 2.45) is 0 Å². The van der Waals surface area contributed by atoms with Crippen LogP contribution in [-0.4, -0.2) is 33.4 Å². The van der Waals surface area contributed by atoms with Crippen molar-refractivity contribution < 1.29 is 19.4 Å². The topological polar surface area (TPSA) is 92.6 Å². The van der Waals surface area contributed by atoms with Gasteiger partial charge in [-0.15, -0.1) is 0 Å². The summed E-state index contributed by atoms with van der Waals surface area (Å²) in [5.41, 5.74) is 1.70. The molecule has 1 aliphatic rings. The van der Waals surface area contributed by atoms with Gasteiger partial charge in [-0.3, -0.25) is 19.5 Å². The lowest BCUT2D eigenvalue weighted by molar-refractivity contribution is -0.132. The molecule has 1 saturated heterocycles. The third kappa shape index (κ3) is 3.64. The van der Waals surface area contributed by atoms with Gasteiger partial charge in [-0.25, -0.2) is 4.98 Å². The minimum atomic E-state index is -0.866. The number of benzene rings is 2. The lowest BCUT2D eigenvalue weighted by Crippen LogP contribution is -2.29. The first-order chi connectivity index (χ1) is 16.1. The average molecular weight is 458 g/mol. The van der Waals surface area contributed by atoms with Gasteiger partial charge in [0.25, 0.3) is 5.78 Å². The van der Waals surface area contributed by atoms with E-state index in [4.69, 9.17) is 4.74 Å². The predicted octanol–water partition coefficient (Wildman–Crippen LogP) is 4.72. The number of rotatable bonds is 5. The highest BCUT2D eigenvalue weighted by Crippen LogP contribution is 2.44. The molecule has 1 fully saturated rings. The molecule has 1 N–H and O–H groups in total. The van der Waals surface area contributed by atoms with E-state index >= 15 is 0 Å². The monoisotopic (exact) mass is 457 g/mol. The normalized spacial score (nSPS) is 17.6. The number of ketones is 1. The van der Waals surface area contributed by atoms with Crippen molar-refractivity contribution >= 4 is 44.1 Å². The minimum Gasteiger partial charge on any atom is -0.507 e. The van der Waals surface area contributed by atoms with E-state index in [2.05, 4.69) is 9.97 Å². The molecule has 1 unspecified atom stereocenters. The largest absolute Gasteiger partial charge is 0.507 e. The van der Waals surface area contributed by atoms with Gasteiger partial charge in [-0.05, 0) is 42.8 Å². The molecule has 4 aromatic rings. The Bertz CT molecular complexity index is 1360. The zero-order valence-corrected chi connectivity index (χ0v) is 18.5. The Labute approximate surface area is 193 Å². The fraction of sp³-hybridized carbons (Fsp3) is 0.120. The van der Waals surface area contributed by atoms with E-state index in [0.717, 1.165) is 10.2 Å². The number of anilines is 1. The number of Topliss-reactive ketones (excluding diaryl/α,β-unsaturated/α-hetero) is 1. The van der Waals surface area contributed by atoms with Crippen LogP contribution in [0.4, 0.5) is 5.13 Å². The maximum Gasteiger partial charge on any atom is 0.301 e.